The Kier molecular flexibility index (Phi) is 9.43. The van der Waals surface area contributed by atoms with Crippen molar-refractivity contribution in [2.45, 2.75) is 101 Å². The zero-order valence-electron chi connectivity index (χ0n) is 26.6. The highest BCUT2D eigenvalue weighted by molar-refractivity contribution is 7.91. The number of amides is 4. The Morgan fingerprint density at radius 1 is 1.09 bits per heavy atom. The molecule has 0 bridgehead atoms. The van der Waals surface area contributed by atoms with E-state index in [1.54, 1.807) is 6.92 Å². The number of carbonyl (C=O) groups is 4. The van der Waals surface area contributed by atoms with Crippen LogP contribution in [-0.2, 0) is 35.3 Å². The third kappa shape index (κ3) is 7.60. The zero-order valence-corrected chi connectivity index (χ0v) is 27.4. The second-order valence-corrected chi connectivity index (χ2v) is 16.0. The van der Waals surface area contributed by atoms with Gasteiger partial charge in [-0.3, -0.25) is 24.4 Å². The van der Waals surface area contributed by atoms with Crippen molar-refractivity contribution in [3.8, 4) is 0 Å². The lowest BCUT2D eigenvalue weighted by molar-refractivity contribution is -0.140. The highest BCUT2D eigenvalue weighted by Gasteiger charge is 2.63. The molecule has 2 saturated carbocycles. The zero-order chi connectivity index (χ0) is 34.4. The summed E-state index contributed by atoms with van der Waals surface area (Å²) < 4.78 is 72.7. The highest BCUT2D eigenvalue weighted by Crippen LogP contribution is 2.47. The van der Waals surface area contributed by atoms with Gasteiger partial charge in [0.05, 0.1) is 22.5 Å². The summed E-state index contributed by atoms with van der Waals surface area (Å²) in [5, 5.41) is 4.85. The molecule has 1 saturated heterocycles. The van der Waals surface area contributed by atoms with Gasteiger partial charge in [-0.2, -0.15) is 13.2 Å². The molecule has 0 unspecified atom stereocenters. The first-order valence-corrected chi connectivity index (χ1v) is 17.4. The van der Waals surface area contributed by atoms with E-state index in [2.05, 4.69) is 22.3 Å². The average Bonchev–Trinajstić information content (AvgIpc) is 3.84. The van der Waals surface area contributed by atoms with Gasteiger partial charge in [0.15, 0.2) is 0 Å². The number of sulfonamides is 1. The van der Waals surface area contributed by atoms with Gasteiger partial charge < -0.3 is 15.0 Å². The summed E-state index contributed by atoms with van der Waals surface area (Å²) >= 11 is 0. The monoisotopic (exact) mass is 682 g/mol. The molecular formula is C32H41F3N4O7S. The molecule has 3 fully saturated rings. The van der Waals surface area contributed by atoms with Crippen molar-refractivity contribution < 1.29 is 45.5 Å². The fraction of sp³-hybridized carbons (Fsp3) is 0.625. The molecule has 4 aliphatic rings. The molecular weight excluding hydrogens is 641 g/mol. The topological polar surface area (TPSA) is 151 Å². The van der Waals surface area contributed by atoms with E-state index in [1.807, 2.05) is 19.1 Å². The van der Waals surface area contributed by atoms with Gasteiger partial charge in [0, 0.05) is 18.8 Å². The van der Waals surface area contributed by atoms with Gasteiger partial charge in [0.25, 0.3) is 5.91 Å². The lowest BCUT2D eigenvalue weighted by atomic mass is 9.91. The van der Waals surface area contributed by atoms with Crippen LogP contribution < -0.4 is 15.4 Å². The number of carbonyl (C=O) groups excluding carboxylic acids is 4. The Balaban J connectivity index is 1.37. The fourth-order valence-electron chi connectivity index (χ4n) is 6.55. The van der Waals surface area contributed by atoms with E-state index >= 15 is 0 Å². The average molecular weight is 683 g/mol. The van der Waals surface area contributed by atoms with Crippen LogP contribution in [0.25, 0.3) is 0 Å². The van der Waals surface area contributed by atoms with Gasteiger partial charge in [0.1, 0.15) is 17.7 Å². The Bertz CT molecular complexity index is 1560. The second-order valence-electron chi connectivity index (χ2n) is 13.8. The molecule has 1 aromatic rings. The number of ether oxygens (including phenoxy) is 1. The minimum absolute atomic E-state index is 0.0306. The fourth-order valence-corrected chi connectivity index (χ4v) is 7.86. The van der Waals surface area contributed by atoms with Crippen LogP contribution in [0.5, 0.6) is 0 Å². The maximum atomic E-state index is 13.9. The van der Waals surface area contributed by atoms with Crippen LogP contribution in [-0.4, -0.2) is 66.1 Å². The summed E-state index contributed by atoms with van der Waals surface area (Å²) in [5.74, 6) is -2.18. The predicted molar refractivity (Wildman–Crippen MR) is 165 cm³/mol. The van der Waals surface area contributed by atoms with Gasteiger partial charge in [0.2, 0.25) is 21.8 Å². The molecule has 6 atom stereocenters. The van der Waals surface area contributed by atoms with Gasteiger partial charge in [-0.1, -0.05) is 38.1 Å². The second kappa shape index (κ2) is 12.8. The minimum atomic E-state index is -4.73. The van der Waals surface area contributed by atoms with Crippen LogP contribution in [0.4, 0.5) is 23.7 Å². The van der Waals surface area contributed by atoms with Crippen LogP contribution in [0.15, 0.2) is 36.4 Å². The molecule has 47 heavy (non-hydrogen) atoms. The number of alkyl halides is 3. The number of hydrogen-bond acceptors (Lipinski definition) is 7. The lowest BCUT2D eigenvalue weighted by Gasteiger charge is -2.27. The lowest BCUT2D eigenvalue weighted by Crippen LogP contribution is -2.57. The molecule has 15 heteroatoms. The number of anilines is 1. The number of nitrogens with one attached hydrogen (secondary N) is 3. The smallest absolute Gasteiger partial charge is 0.418 e. The summed E-state index contributed by atoms with van der Waals surface area (Å²) in [4.78, 5) is 55.0. The SMILES string of the molecule is C[C@H]1CC/C=C\[C@@H]2C[C@@]2(C(=O)NS(=O)(=O)C2(C)CC2)NC(=O)[C@@H]2C[C@@H](OC(=O)Nc3ccccc3C(F)(F)F)CN2C(=O)C[C@H](C)C1. The molecule has 11 nitrogen and oxygen atoms in total. The molecule has 2 aliphatic carbocycles. The van der Waals surface area contributed by atoms with Crippen molar-refractivity contribution in [3.05, 3.63) is 42.0 Å². The number of nitrogens with zero attached hydrogens (tertiary/aromatic N) is 1. The number of allylic oxidation sites excluding steroid dienone is 1. The number of para-hydroxylation sites is 1. The summed E-state index contributed by atoms with van der Waals surface area (Å²) in [7, 11) is -4.00. The van der Waals surface area contributed by atoms with Crippen LogP contribution in [0.3, 0.4) is 0 Å². The van der Waals surface area contributed by atoms with Gasteiger partial charge in [-0.25, -0.2) is 13.2 Å². The van der Waals surface area contributed by atoms with Crippen molar-refractivity contribution >= 4 is 39.5 Å². The summed E-state index contributed by atoms with van der Waals surface area (Å²) in [6.07, 6.45) is -0.0385. The standard InChI is InChI=1S/C32H41F3N4O7S/c1-19-8-4-5-9-21-17-31(21,28(42)38-47(44,45)30(3)12-13-30)37-27(41)25-16-22(18-39(25)26(40)15-20(2)14-19)46-29(43)36-24-11-7-6-10-23(24)32(33,34)35/h5-7,9-11,19-22,25H,4,8,12-18H2,1-3H3,(H,36,43)(H,37,41)(H,38,42)/b9-5-/t19-,20+,21+,22+,25-,31+/m0/s1. The summed E-state index contributed by atoms with van der Waals surface area (Å²) in [6.45, 7) is 5.36. The van der Waals surface area contributed by atoms with Crippen LogP contribution in [0.1, 0.15) is 77.7 Å². The molecule has 2 heterocycles. The van der Waals surface area contributed by atoms with Gasteiger partial charge in [-0.05, 0) is 69.4 Å². The largest absolute Gasteiger partial charge is 0.444 e. The first kappa shape index (κ1) is 34.7. The van der Waals surface area contributed by atoms with Crippen molar-refractivity contribution in [1.82, 2.24) is 14.9 Å². The van der Waals surface area contributed by atoms with Crippen molar-refractivity contribution in [1.29, 1.82) is 0 Å². The molecule has 2 aliphatic heterocycles. The van der Waals surface area contributed by atoms with E-state index in [4.69, 9.17) is 4.74 Å². The molecule has 0 aromatic heterocycles. The highest BCUT2D eigenvalue weighted by atomic mass is 32.2. The van der Waals surface area contributed by atoms with Gasteiger partial charge in [-0.15, -0.1) is 0 Å². The third-order valence-electron chi connectivity index (χ3n) is 9.75. The first-order valence-electron chi connectivity index (χ1n) is 15.9. The van der Waals surface area contributed by atoms with E-state index in [0.717, 1.165) is 25.0 Å². The van der Waals surface area contributed by atoms with E-state index in [9.17, 15) is 40.8 Å². The first-order chi connectivity index (χ1) is 21.9. The Hall–Kier alpha value is -3.62. The van der Waals surface area contributed by atoms with Crippen molar-refractivity contribution in [2.24, 2.45) is 17.8 Å². The molecule has 1 aromatic carbocycles. The molecule has 258 valence electrons. The minimum Gasteiger partial charge on any atom is -0.444 e. The Morgan fingerprint density at radius 3 is 2.47 bits per heavy atom. The molecule has 5 rings (SSSR count). The van der Waals surface area contributed by atoms with E-state index < -0.39 is 73.7 Å². The van der Waals surface area contributed by atoms with E-state index in [0.29, 0.717) is 19.3 Å². The van der Waals surface area contributed by atoms with Crippen LogP contribution >= 0.6 is 0 Å². The molecule has 0 radical (unpaired) electrons. The number of hydrogen-bond donors (Lipinski definition) is 3. The summed E-state index contributed by atoms with van der Waals surface area (Å²) in [6, 6.07) is 3.23. The molecule has 3 N–H and O–H groups in total. The maximum absolute atomic E-state index is 13.9. The third-order valence-corrected chi connectivity index (χ3v) is 11.9. The predicted octanol–water partition coefficient (Wildman–Crippen LogP) is 4.50. The number of halogens is 3. The Morgan fingerprint density at radius 2 is 1.79 bits per heavy atom. The van der Waals surface area contributed by atoms with Crippen LogP contribution in [0, 0.1) is 17.8 Å². The molecule has 0 spiro atoms. The quantitative estimate of drug-likeness (QED) is 0.387. The van der Waals surface area contributed by atoms with Gasteiger partial charge >= 0.3 is 12.3 Å². The van der Waals surface area contributed by atoms with Crippen molar-refractivity contribution in [2.75, 3.05) is 11.9 Å². The van der Waals surface area contributed by atoms with Crippen molar-refractivity contribution in [3.63, 3.8) is 0 Å². The number of benzene rings is 1. The normalized spacial score (nSPS) is 31.6. The number of rotatable bonds is 5. The summed E-state index contributed by atoms with van der Waals surface area (Å²) in [5.41, 5.74) is -3.13. The number of fused-ring (bicyclic) bond motifs is 2. The van der Waals surface area contributed by atoms with E-state index in [-0.39, 0.29) is 43.6 Å². The maximum Gasteiger partial charge on any atom is 0.418 e. The van der Waals surface area contributed by atoms with Crippen LogP contribution in [0.2, 0.25) is 0 Å². The Labute approximate surface area is 272 Å². The van der Waals surface area contributed by atoms with E-state index in [1.165, 1.54) is 17.0 Å². The molecule has 4 amide bonds.